The highest BCUT2D eigenvalue weighted by Crippen LogP contribution is 2.06. The molecule has 0 aliphatic heterocycles. The molecule has 1 aromatic rings. The molecule has 3 N–H and O–H groups in total. The number of nitriles is 1. The number of amides is 1. The molecule has 0 radical (unpaired) electrons. The maximum Gasteiger partial charge on any atom is 0.267 e. The fraction of sp³-hybridized carbons (Fsp3) is 0.500. The summed E-state index contributed by atoms with van der Waals surface area (Å²) in [5.41, 5.74) is 0.676. The van der Waals surface area contributed by atoms with Gasteiger partial charge in [0.05, 0.1) is 6.10 Å². The van der Waals surface area contributed by atoms with Gasteiger partial charge in [0, 0.05) is 6.54 Å². The van der Waals surface area contributed by atoms with Crippen LogP contribution >= 0.6 is 0 Å². The number of carbonyl (C=O) groups is 1. The molecule has 0 fully saturated rings. The van der Waals surface area contributed by atoms with Gasteiger partial charge in [-0.1, -0.05) is 20.3 Å². The van der Waals surface area contributed by atoms with E-state index < -0.39 is 6.10 Å². The van der Waals surface area contributed by atoms with Crippen molar-refractivity contribution in [1.29, 1.82) is 5.26 Å². The van der Waals surface area contributed by atoms with Gasteiger partial charge in [-0.2, -0.15) is 5.26 Å². The van der Waals surface area contributed by atoms with Crippen LogP contribution in [-0.2, 0) is 0 Å². The van der Waals surface area contributed by atoms with Gasteiger partial charge in [0.1, 0.15) is 17.5 Å². The van der Waals surface area contributed by atoms with Crippen LogP contribution in [0.5, 0.6) is 0 Å². The van der Waals surface area contributed by atoms with Gasteiger partial charge in [0.2, 0.25) is 0 Å². The van der Waals surface area contributed by atoms with Gasteiger partial charge in [-0.05, 0) is 18.1 Å². The van der Waals surface area contributed by atoms with Crippen LogP contribution < -0.4 is 5.32 Å². The number of hydrogen-bond donors (Lipinski definition) is 3. The van der Waals surface area contributed by atoms with Crippen LogP contribution in [0.1, 0.15) is 36.5 Å². The van der Waals surface area contributed by atoms with Crippen LogP contribution in [0.15, 0.2) is 12.1 Å². The number of nitrogens with zero attached hydrogens (tertiary/aromatic N) is 1. The summed E-state index contributed by atoms with van der Waals surface area (Å²) in [4.78, 5) is 14.3. The van der Waals surface area contributed by atoms with E-state index in [2.05, 4.69) is 10.3 Å². The minimum absolute atomic E-state index is 0.147. The lowest BCUT2D eigenvalue weighted by molar-refractivity contribution is 0.0846. The molecule has 0 saturated carbocycles. The smallest absolute Gasteiger partial charge is 0.267 e. The van der Waals surface area contributed by atoms with Crippen molar-refractivity contribution >= 4 is 5.91 Å². The monoisotopic (exact) mass is 235 g/mol. The first-order valence-corrected chi connectivity index (χ1v) is 5.63. The largest absolute Gasteiger partial charge is 0.391 e. The predicted octanol–water partition coefficient (Wildman–Crippen LogP) is 1.02. The molecule has 2 unspecified atom stereocenters. The Balaban J connectivity index is 2.48. The van der Waals surface area contributed by atoms with E-state index in [0.717, 1.165) is 6.42 Å². The third kappa shape index (κ3) is 3.61. The van der Waals surface area contributed by atoms with Crippen molar-refractivity contribution in [2.24, 2.45) is 5.92 Å². The number of carbonyl (C=O) groups excluding carboxylic acids is 1. The average molecular weight is 235 g/mol. The molecule has 1 rings (SSSR count). The summed E-state index contributed by atoms with van der Waals surface area (Å²) in [6.07, 6.45) is 0.312. The summed E-state index contributed by atoms with van der Waals surface area (Å²) >= 11 is 0. The van der Waals surface area contributed by atoms with Crippen molar-refractivity contribution in [1.82, 2.24) is 10.3 Å². The van der Waals surface area contributed by atoms with Crippen molar-refractivity contribution in [2.75, 3.05) is 6.54 Å². The number of aromatic amines is 1. The molecule has 1 aromatic heterocycles. The summed E-state index contributed by atoms with van der Waals surface area (Å²) in [6.45, 7) is 4.13. The topological polar surface area (TPSA) is 88.9 Å². The van der Waals surface area contributed by atoms with E-state index in [1.54, 1.807) is 12.1 Å². The first-order valence-electron chi connectivity index (χ1n) is 5.63. The number of rotatable bonds is 5. The molecule has 0 aliphatic rings. The number of aromatic nitrogens is 1. The fourth-order valence-corrected chi connectivity index (χ4v) is 1.36. The summed E-state index contributed by atoms with van der Waals surface area (Å²) < 4.78 is 0. The van der Waals surface area contributed by atoms with Gasteiger partial charge < -0.3 is 15.4 Å². The molecule has 0 spiro atoms. The van der Waals surface area contributed by atoms with E-state index in [-0.39, 0.29) is 18.4 Å². The number of aliphatic hydroxyl groups excluding tert-OH is 1. The maximum absolute atomic E-state index is 11.6. The van der Waals surface area contributed by atoms with E-state index in [1.807, 2.05) is 19.9 Å². The summed E-state index contributed by atoms with van der Waals surface area (Å²) in [6, 6.07) is 5.00. The molecule has 17 heavy (non-hydrogen) atoms. The SMILES string of the molecule is CCC(C)C(O)CNC(=O)c1ccc(C#N)[nH]1. The third-order valence-corrected chi connectivity index (χ3v) is 2.82. The first-order chi connectivity index (χ1) is 8.08. The lowest BCUT2D eigenvalue weighted by Gasteiger charge is -2.17. The Labute approximate surface area is 100 Å². The van der Waals surface area contributed by atoms with Gasteiger partial charge in [-0.15, -0.1) is 0 Å². The Hall–Kier alpha value is -1.80. The standard InChI is InChI=1S/C12H17N3O2/c1-3-8(2)11(16)7-14-12(17)10-5-4-9(6-13)15-10/h4-5,8,11,15-16H,3,7H2,1-2H3,(H,14,17). The van der Waals surface area contributed by atoms with Crippen molar-refractivity contribution in [3.63, 3.8) is 0 Å². The minimum atomic E-state index is -0.547. The zero-order chi connectivity index (χ0) is 12.8. The number of hydrogen-bond acceptors (Lipinski definition) is 3. The van der Waals surface area contributed by atoms with E-state index in [1.165, 1.54) is 0 Å². The highest BCUT2D eigenvalue weighted by molar-refractivity contribution is 5.92. The van der Waals surface area contributed by atoms with Gasteiger partial charge >= 0.3 is 0 Å². The quantitative estimate of drug-likeness (QED) is 0.712. The lowest BCUT2D eigenvalue weighted by atomic mass is 10.0. The molecule has 0 aliphatic carbocycles. The number of H-pyrrole nitrogens is 1. The molecule has 1 amide bonds. The Morgan fingerprint density at radius 2 is 2.35 bits per heavy atom. The molecule has 0 bridgehead atoms. The molecule has 0 aromatic carbocycles. The highest BCUT2D eigenvalue weighted by Gasteiger charge is 2.14. The zero-order valence-corrected chi connectivity index (χ0v) is 10.0. The highest BCUT2D eigenvalue weighted by atomic mass is 16.3. The van der Waals surface area contributed by atoms with Crippen LogP contribution in [0.3, 0.4) is 0 Å². The van der Waals surface area contributed by atoms with Crippen LogP contribution in [0.2, 0.25) is 0 Å². The van der Waals surface area contributed by atoms with Gasteiger partial charge in [0.15, 0.2) is 0 Å². The van der Waals surface area contributed by atoms with Gasteiger partial charge in [0.25, 0.3) is 5.91 Å². The lowest BCUT2D eigenvalue weighted by Crippen LogP contribution is -2.35. The normalized spacial score (nSPS) is 13.8. The van der Waals surface area contributed by atoms with Crippen LogP contribution in [0.25, 0.3) is 0 Å². The van der Waals surface area contributed by atoms with Gasteiger partial charge in [-0.25, -0.2) is 0 Å². The first kappa shape index (κ1) is 13.3. The molecule has 5 nitrogen and oxygen atoms in total. The fourth-order valence-electron chi connectivity index (χ4n) is 1.36. The average Bonchev–Trinajstić information content (AvgIpc) is 2.83. The zero-order valence-electron chi connectivity index (χ0n) is 10.0. The van der Waals surface area contributed by atoms with Gasteiger partial charge in [-0.3, -0.25) is 4.79 Å². The van der Waals surface area contributed by atoms with Crippen molar-refractivity contribution in [3.05, 3.63) is 23.5 Å². The number of aliphatic hydroxyl groups is 1. The Morgan fingerprint density at radius 1 is 1.65 bits per heavy atom. The summed E-state index contributed by atoms with van der Waals surface area (Å²) in [5, 5.41) is 20.9. The Morgan fingerprint density at radius 3 is 2.88 bits per heavy atom. The van der Waals surface area contributed by atoms with Crippen molar-refractivity contribution in [3.8, 4) is 6.07 Å². The van der Waals surface area contributed by atoms with E-state index in [9.17, 15) is 9.90 Å². The van der Waals surface area contributed by atoms with E-state index in [0.29, 0.717) is 11.4 Å². The molecule has 5 heteroatoms. The molecular weight excluding hydrogens is 218 g/mol. The van der Waals surface area contributed by atoms with Crippen molar-refractivity contribution < 1.29 is 9.90 Å². The van der Waals surface area contributed by atoms with E-state index in [4.69, 9.17) is 5.26 Å². The van der Waals surface area contributed by atoms with Crippen molar-refractivity contribution in [2.45, 2.75) is 26.4 Å². The number of nitrogens with one attached hydrogen (secondary N) is 2. The van der Waals surface area contributed by atoms with Crippen LogP contribution in [-0.4, -0.2) is 28.6 Å². The van der Waals surface area contributed by atoms with Crippen LogP contribution in [0.4, 0.5) is 0 Å². The summed E-state index contributed by atoms with van der Waals surface area (Å²) in [5.74, 6) is -0.164. The molecule has 1 heterocycles. The molecule has 92 valence electrons. The van der Waals surface area contributed by atoms with Crippen LogP contribution in [0, 0.1) is 17.2 Å². The molecule has 2 atom stereocenters. The molecule has 0 saturated heterocycles. The second kappa shape index (κ2) is 6.06. The Bertz CT molecular complexity index is 420. The summed E-state index contributed by atoms with van der Waals surface area (Å²) in [7, 11) is 0. The third-order valence-electron chi connectivity index (χ3n) is 2.82. The van der Waals surface area contributed by atoms with E-state index >= 15 is 0 Å². The predicted molar refractivity (Wildman–Crippen MR) is 63.3 cm³/mol. The maximum atomic E-state index is 11.6. The second-order valence-corrected chi connectivity index (χ2v) is 4.06. The Kier molecular flexibility index (Phi) is 4.73. The minimum Gasteiger partial charge on any atom is -0.391 e. The second-order valence-electron chi connectivity index (χ2n) is 4.06. The molecular formula is C12H17N3O2.